The molecule has 1 N–H and O–H groups in total. The van der Waals surface area contributed by atoms with Gasteiger partial charge >= 0.3 is 0 Å². The van der Waals surface area contributed by atoms with E-state index < -0.39 is 8.03 Å². The summed E-state index contributed by atoms with van der Waals surface area (Å²) in [7, 11) is -2.61. The van der Waals surface area contributed by atoms with Gasteiger partial charge in [-0.25, -0.2) is 0 Å². The predicted octanol–water partition coefficient (Wildman–Crippen LogP) is 4.11. The minimum absolute atomic E-state index is 0.489. The van der Waals surface area contributed by atoms with Crippen LogP contribution < -0.4 is 5.30 Å². The molecule has 2 nitrogen and oxygen atoms in total. The number of rotatable bonds is 3. The Kier molecular flexibility index (Phi) is 4.01. The van der Waals surface area contributed by atoms with E-state index in [9.17, 15) is 4.57 Å². The number of hydrogen-bond acceptors (Lipinski definition) is 1. The van der Waals surface area contributed by atoms with Crippen LogP contribution in [0.5, 0.6) is 0 Å². The van der Waals surface area contributed by atoms with Gasteiger partial charge in [0.05, 0.1) is 0 Å². The van der Waals surface area contributed by atoms with Crippen LogP contribution in [0.15, 0.2) is 78.9 Å². The van der Waals surface area contributed by atoms with Gasteiger partial charge in [-0.1, -0.05) is 60.7 Å². The standard InChI is InChI=1S/C18H15O2P/c19-21(20)18-11-9-15(10-12-18)17-8-4-7-16(13-17)14-5-2-1-3-6-14/h1-13,21H,(H,19,20). The molecule has 1 atom stereocenters. The minimum Gasteiger partial charge on any atom is -0.343 e. The summed E-state index contributed by atoms with van der Waals surface area (Å²) in [4.78, 5) is 9.12. The van der Waals surface area contributed by atoms with E-state index in [1.165, 1.54) is 5.56 Å². The van der Waals surface area contributed by atoms with Gasteiger partial charge in [-0.3, -0.25) is 4.57 Å². The Morgan fingerprint density at radius 2 is 1.14 bits per heavy atom. The summed E-state index contributed by atoms with van der Waals surface area (Å²) in [5.41, 5.74) is 4.48. The molecule has 0 saturated heterocycles. The molecular formula is C18H15O2P. The molecular weight excluding hydrogens is 279 g/mol. The number of hydrogen-bond donors (Lipinski definition) is 1. The van der Waals surface area contributed by atoms with Crippen molar-refractivity contribution in [3.05, 3.63) is 78.9 Å². The Bertz CT molecular complexity index is 765. The molecule has 0 heterocycles. The molecule has 0 fully saturated rings. The van der Waals surface area contributed by atoms with Crippen molar-refractivity contribution < 1.29 is 9.46 Å². The Labute approximate surface area is 124 Å². The first-order chi connectivity index (χ1) is 10.2. The van der Waals surface area contributed by atoms with Crippen LogP contribution in [0.25, 0.3) is 22.3 Å². The van der Waals surface area contributed by atoms with E-state index >= 15 is 0 Å². The highest BCUT2D eigenvalue weighted by molar-refractivity contribution is 7.47. The lowest BCUT2D eigenvalue weighted by Gasteiger charge is -2.06. The van der Waals surface area contributed by atoms with Crippen LogP contribution in [0.4, 0.5) is 0 Å². The smallest absolute Gasteiger partial charge is 0.218 e. The van der Waals surface area contributed by atoms with E-state index in [2.05, 4.69) is 24.3 Å². The Balaban J connectivity index is 1.98. The molecule has 0 radical (unpaired) electrons. The van der Waals surface area contributed by atoms with Gasteiger partial charge in [0.15, 0.2) is 0 Å². The summed E-state index contributed by atoms with van der Waals surface area (Å²) < 4.78 is 11.1. The maximum atomic E-state index is 11.1. The highest BCUT2D eigenvalue weighted by atomic mass is 31.1. The van der Waals surface area contributed by atoms with E-state index in [1.807, 2.05) is 42.5 Å². The maximum absolute atomic E-state index is 11.1. The first-order valence-corrected chi connectivity index (χ1v) is 8.09. The van der Waals surface area contributed by atoms with Crippen LogP contribution in [0.3, 0.4) is 0 Å². The monoisotopic (exact) mass is 294 g/mol. The molecule has 3 heteroatoms. The van der Waals surface area contributed by atoms with E-state index in [1.54, 1.807) is 12.1 Å². The summed E-state index contributed by atoms with van der Waals surface area (Å²) in [6.07, 6.45) is 0. The van der Waals surface area contributed by atoms with Crippen molar-refractivity contribution in [1.82, 2.24) is 0 Å². The topological polar surface area (TPSA) is 37.3 Å². The molecule has 0 aliphatic rings. The maximum Gasteiger partial charge on any atom is 0.218 e. The van der Waals surface area contributed by atoms with E-state index in [-0.39, 0.29) is 0 Å². The van der Waals surface area contributed by atoms with E-state index in [0.29, 0.717) is 5.30 Å². The van der Waals surface area contributed by atoms with Crippen molar-refractivity contribution in [2.75, 3.05) is 0 Å². The third-order valence-electron chi connectivity index (χ3n) is 3.43. The molecule has 0 bridgehead atoms. The van der Waals surface area contributed by atoms with Gasteiger partial charge in [-0.05, 0) is 40.5 Å². The molecule has 3 aromatic rings. The second kappa shape index (κ2) is 6.09. The zero-order valence-electron chi connectivity index (χ0n) is 11.4. The molecule has 3 aromatic carbocycles. The van der Waals surface area contributed by atoms with Gasteiger partial charge in [-0.2, -0.15) is 0 Å². The summed E-state index contributed by atoms with van der Waals surface area (Å²) in [6.45, 7) is 0. The van der Waals surface area contributed by atoms with Gasteiger partial charge in [0.25, 0.3) is 0 Å². The number of benzene rings is 3. The molecule has 0 aliphatic carbocycles. The van der Waals surface area contributed by atoms with E-state index in [4.69, 9.17) is 4.89 Å². The van der Waals surface area contributed by atoms with Crippen LogP contribution in [-0.4, -0.2) is 4.89 Å². The van der Waals surface area contributed by atoms with Gasteiger partial charge in [0.1, 0.15) is 0 Å². The zero-order valence-corrected chi connectivity index (χ0v) is 12.4. The van der Waals surface area contributed by atoms with Crippen LogP contribution >= 0.6 is 8.03 Å². The third kappa shape index (κ3) is 3.13. The van der Waals surface area contributed by atoms with Gasteiger partial charge in [0, 0.05) is 5.30 Å². The molecule has 3 rings (SSSR count). The van der Waals surface area contributed by atoms with Crippen molar-refractivity contribution in [2.24, 2.45) is 0 Å². The largest absolute Gasteiger partial charge is 0.343 e. The normalized spacial score (nSPS) is 12.0. The lowest BCUT2D eigenvalue weighted by molar-refractivity contribution is 0.513. The minimum atomic E-state index is -2.61. The second-order valence-electron chi connectivity index (χ2n) is 4.83. The Hall–Kier alpha value is -2.15. The first kappa shape index (κ1) is 13.8. The van der Waals surface area contributed by atoms with Gasteiger partial charge < -0.3 is 4.89 Å². The molecule has 0 spiro atoms. The second-order valence-corrected chi connectivity index (χ2v) is 6.02. The van der Waals surface area contributed by atoms with Crippen molar-refractivity contribution in [3.8, 4) is 22.3 Å². The van der Waals surface area contributed by atoms with Crippen molar-refractivity contribution in [2.45, 2.75) is 0 Å². The lowest BCUT2D eigenvalue weighted by atomic mass is 9.99. The van der Waals surface area contributed by atoms with Crippen LogP contribution in [0, 0.1) is 0 Å². The van der Waals surface area contributed by atoms with E-state index in [0.717, 1.165) is 16.7 Å². The Morgan fingerprint density at radius 1 is 0.619 bits per heavy atom. The highest BCUT2D eigenvalue weighted by Crippen LogP contribution is 2.26. The Morgan fingerprint density at radius 3 is 1.71 bits per heavy atom. The van der Waals surface area contributed by atoms with Crippen molar-refractivity contribution >= 4 is 13.3 Å². The fourth-order valence-electron chi connectivity index (χ4n) is 2.31. The average molecular weight is 294 g/mol. The summed E-state index contributed by atoms with van der Waals surface area (Å²) >= 11 is 0. The molecule has 0 aliphatic heterocycles. The molecule has 1 unspecified atom stereocenters. The van der Waals surface area contributed by atoms with Crippen LogP contribution in [0.2, 0.25) is 0 Å². The highest BCUT2D eigenvalue weighted by Gasteiger charge is 2.03. The fraction of sp³-hybridized carbons (Fsp3) is 0. The fourth-order valence-corrected chi connectivity index (χ4v) is 2.77. The molecule has 21 heavy (non-hydrogen) atoms. The third-order valence-corrected chi connectivity index (χ3v) is 4.26. The first-order valence-electron chi connectivity index (χ1n) is 6.73. The lowest BCUT2D eigenvalue weighted by Crippen LogP contribution is -1.94. The molecule has 104 valence electrons. The summed E-state index contributed by atoms with van der Waals surface area (Å²) in [6, 6.07) is 25.7. The predicted molar refractivity (Wildman–Crippen MR) is 88.2 cm³/mol. The summed E-state index contributed by atoms with van der Waals surface area (Å²) in [5, 5.41) is 0.489. The van der Waals surface area contributed by atoms with Gasteiger partial charge in [-0.15, -0.1) is 0 Å². The SMILES string of the molecule is O=[PH](O)c1ccc(-c2cccc(-c3ccccc3)c2)cc1. The van der Waals surface area contributed by atoms with Crippen molar-refractivity contribution in [3.63, 3.8) is 0 Å². The molecule has 0 amide bonds. The summed E-state index contributed by atoms with van der Waals surface area (Å²) in [5.74, 6) is 0. The van der Waals surface area contributed by atoms with Crippen LogP contribution in [0.1, 0.15) is 0 Å². The average Bonchev–Trinajstić information content (AvgIpc) is 2.56. The quantitative estimate of drug-likeness (QED) is 0.738. The van der Waals surface area contributed by atoms with Crippen molar-refractivity contribution in [1.29, 1.82) is 0 Å². The van der Waals surface area contributed by atoms with Gasteiger partial charge in [0.2, 0.25) is 8.03 Å². The van der Waals surface area contributed by atoms with Crippen LogP contribution in [-0.2, 0) is 4.57 Å². The molecule has 0 aromatic heterocycles. The zero-order chi connectivity index (χ0) is 14.7. The molecule has 0 saturated carbocycles.